The van der Waals surface area contributed by atoms with Crippen LogP contribution < -0.4 is 10.6 Å². The fraction of sp³-hybridized carbons (Fsp3) is 0.350. The summed E-state index contributed by atoms with van der Waals surface area (Å²) >= 11 is 0. The molecular formula is C20H21N3O4. The van der Waals surface area contributed by atoms with Crippen LogP contribution in [-0.2, 0) is 16.1 Å². The van der Waals surface area contributed by atoms with E-state index in [2.05, 4.69) is 10.6 Å². The van der Waals surface area contributed by atoms with Gasteiger partial charge in [0.25, 0.3) is 5.91 Å². The number of amides is 3. The molecule has 1 saturated carbocycles. The predicted octanol–water partition coefficient (Wildman–Crippen LogP) is 2.16. The van der Waals surface area contributed by atoms with Gasteiger partial charge >= 0.3 is 0 Å². The summed E-state index contributed by atoms with van der Waals surface area (Å²) in [6.07, 6.45) is 3.71. The van der Waals surface area contributed by atoms with Crippen molar-refractivity contribution in [2.24, 2.45) is 5.92 Å². The van der Waals surface area contributed by atoms with E-state index in [1.807, 2.05) is 0 Å². The summed E-state index contributed by atoms with van der Waals surface area (Å²) in [4.78, 5) is 38.9. The van der Waals surface area contributed by atoms with Crippen molar-refractivity contribution in [2.75, 3.05) is 11.9 Å². The molecule has 1 atom stereocenters. The summed E-state index contributed by atoms with van der Waals surface area (Å²) < 4.78 is 5.28. The number of likely N-dealkylation sites (tertiary alicyclic amines) is 1. The molecular weight excluding hydrogens is 346 g/mol. The van der Waals surface area contributed by atoms with Gasteiger partial charge in [-0.1, -0.05) is 12.1 Å². The zero-order valence-corrected chi connectivity index (χ0v) is 14.8. The minimum absolute atomic E-state index is 0.0775. The lowest BCUT2D eigenvalue weighted by Gasteiger charge is -2.16. The zero-order valence-electron chi connectivity index (χ0n) is 14.8. The first-order valence-electron chi connectivity index (χ1n) is 9.11. The molecule has 2 heterocycles. The molecule has 7 heteroatoms. The first-order valence-corrected chi connectivity index (χ1v) is 9.11. The summed E-state index contributed by atoms with van der Waals surface area (Å²) in [6, 6.07) is 10.7. The second-order valence-corrected chi connectivity index (χ2v) is 7.04. The Morgan fingerprint density at radius 1 is 1.15 bits per heavy atom. The smallest absolute Gasteiger partial charge is 0.253 e. The number of anilines is 1. The first-order chi connectivity index (χ1) is 13.1. The summed E-state index contributed by atoms with van der Waals surface area (Å²) in [5.74, 6) is -0.280. The van der Waals surface area contributed by atoms with Crippen molar-refractivity contribution in [3.63, 3.8) is 0 Å². The van der Waals surface area contributed by atoms with E-state index >= 15 is 0 Å². The number of benzene rings is 1. The molecule has 4 rings (SSSR count). The summed E-state index contributed by atoms with van der Waals surface area (Å²) in [5, 5.41) is 5.75. The highest BCUT2D eigenvalue weighted by atomic mass is 16.3. The van der Waals surface area contributed by atoms with Gasteiger partial charge in [0, 0.05) is 19.0 Å². The van der Waals surface area contributed by atoms with Crippen LogP contribution in [0.1, 0.15) is 35.4 Å². The average Bonchev–Trinajstić information content (AvgIpc) is 3.17. The molecule has 1 unspecified atom stereocenters. The lowest BCUT2D eigenvalue weighted by molar-refractivity contribution is -0.128. The molecule has 0 spiro atoms. The quantitative estimate of drug-likeness (QED) is 0.818. The molecule has 1 aromatic heterocycles. The van der Waals surface area contributed by atoms with Crippen LogP contribution in [0.2, 0.25) is 0 Å². The molecule has 0 bridgehead atoms. The maximum atomic E-state index is 12.7. The third kappa shape index (κ3) is 4.02. The second-order valence-electron chi connectivity index (χ2n) is 7.04. The second kappa shape index (κ2) is 7.26. The molecule has 2 aromatic rings. The number of carbonyl (C=O) groups is 3. The topological polar surface area (TPSA) is 91.7 Å². The zero-order chi connectivity index (χ0) is 18.8. The Morgan fingerprint density at radius 3 is 2.70 bits per heavy atom. The molecule has 2 aliphatic rings. The van der Waals surface area contributed by atoms with E-state index in [1.165, 1.54) is 0 Å². The molecule has 1 aliphatic carbocycles. The van der Waals surface area contributed by atoms with Gasteiger partial charge < -0.3 is 20.0 Å². The standard InChI is InChI=1S/C20H21N3O4/c24-18-10-13(11-23(18)12-15-4-3-9-27-15)19(25)22-17-6-2-1-5-16(17)20(26)21-14-7-8-14/h1-6,9,13-14H,7-8,10-12H2,(H,21,26)(H,22,25). The van der Waals surface area contributed by atoms with Crippen LogP contribution in [0.5, 0.6) is 0 Å². The van der Waals surface area contributed by atoms with Gasteiger partial charge in [0.1, 0.15) is 5.76 Å². The summed E-state index contributed by atoms with van der Waals surface area (Å²) in [5.41, 5.74) is 0.909. The lowest BCUT2D eigenvalue weighted by atomic mass is 10.1. The van der Waals surface area contributed by atoms with E-state index in [-0.39, 0.29) is 30.2 Å². The Morgan fingerprint density at radius 2 is 1.96 bits per heavy atom. The van der Waals surface area contributed by atoms with E-state index < -0.39 is 5.92 Å². The van der Waals surface area contributed by atoms with Crippen molar-refractivity contribution in [1.29, 1.82) is 0 Å². The molecule has 140 valence electrons. The number of rotatable bonds is 6. The third-order valence-corrected chi connectivity index (χ3v) is 4.85. The first kappa shape index (κ1) is 17.3. The highest BCUT2D eigenvalue weighted by Crippen LogP contribution is 2.24. The van der Waals surface area contributed by atoms with Gasteiger partial charge in [0.15, 0.2) is 0 Å². The number of furan rings is 1. The molecule has 1 aliphatic heterocycles. The van der Waals surface area contributed by atoms with Crippen molar-refractivity contribution in [3.05, 3.63) is 54.0 Å². The van der Waals surface area contributed by atoms with Gasteiger partial charge in [-0.05, 0) is 37.1 Å². The summed E-state index contributed by atoms with van der Waals surface area (Å²) in [6.45, 7) is 0.692. The van der Waals surface area contributed by atoms with Crippen molar-refractivity contribution < 1.29 is 18.8 Å². The number of hydrogen-bond donors (Lipinski definition) is 2. The fourth-order valence-electron chi connectivity index (χ4n) is 3.21. The van der Waals surface area contributed by atoms with E-state index in [0.717, 1.165) is 12.8 Å². The monoisotopic (exact) mass is 367 g/mol. The van der Waals surface area contributed by atoms with Crippen molar-refractivity contribution in [3.8, 4) is 0 Å². The van der Waals surface area contributed by atoms with Crippen LogP contribution in [0.25, 0.3) is 0 Å². The maximum Gasteiger partial charge on any atom is 0.253 e. The van der Waals surface area contributed by atoms with Crippen LogP contribution in [0.15, 0.2) is 47.1 Å². The predicted molar refractivity (Wildman–Crippen MR) is 97.8 cm³/mol. The van der Waals surface area contributed by atoms with Crippen LogP contribution in [0.4, 0.5) is 5.69 Å². The van der Waals surface area contributed by atoms with E-state index in [9.17, 15) is 14.4 Å². The number of nitrogens with zero attached hydrogens (tertiary/aromatic N) is 1. The number of carbonyl (C=O) groups excluding carboxylic acids is 3. The van der Waals surface area contributed by atoms with Gasteiger partial charge in [0.2, 0.25) is 11.8 Å². The number of para-hydroxylation sites is 1. The van der Waals surface area contributed by atoms with Crippen molar-refractivity contribution in [2.45, 2.75) is 31.8 Å². The summed E-state index contributed by atoms with van der Waals surface area (Å²) in [7, 11) is 0. The third-order valence-electron chi connectivity index (χ3n) is 4.85. The molecule has 7 nitrogen and oxygen atoms in total. The molecule has 1 saturated heterocycles. The fourth-order valence-corrected chi connectivity index (χ4v) is 3.21. The van der Waals surface area contributed by atoms with E-state index in [4.69, 9.17) is 4.42 Å². The SMILES string of the molecule is O=C(NC1CC1)c1ccccc1NC(=O)C1CC(=O)N(Cc2ccco2)C1. The maximum absolute atomic E-state index is 12.7. The van der Waals surface area contributed by atoms with Gasteiger partial charge in [-0.2, -0.15) is 0 Å². The number of nitrogens with one attached hydrogen (secondary N) is 2. The van der Waals surface area contributed by atoms with Crippen molar-refractivity contribution >= 4 is 23.4 Å². The van der Waals surface area contributed by atoms with Crippen molar-refractivity contribution in [1.82, 2.24) is 10.2 Å². The highest BCUT2D eigenvalue weighted by Gasteiger charge is 2.35. The number of hydrogen-bond acceptors (Lipinski definition) is 4. The minimum Gasteiger partial charge on any atom is -0.467 e. The molecule has 0 radical (unpaired) electrons. The Labute approximate surface area is 156 Å². The van der Waals surface area contributed by atoms with Crippen LogP contribution in [-0.4, -0.2) is 35.2 Å². The van der Waals surface area contributed by atoms with Crippen LogP contribution in [0.3, 0.4) is 0 Å². The average molecular weight is 367 g/mol. The molecule has 3 amide bonds. The van der Waals surface area contributed by atoms with Gasteiger partial charge in [-0.25, -0.2) is 0 Å². The Bertz CT molecular complexity index is 858. The molecule has 2 fully saturated rings. The largest absolute Gasteiger partial charge is 0.467 e. The van der Waals surface area contributed by atoms with E-state index in [1.54, 1.807) is 47.6 Å². The Balaban J connectivity index is 1.40. The minimum atomic E-state index is -0.452. The van der Waals surface area contributed by atoms with E-state index in [0.29, 0.717) is 30.1 Å². The molecule has 1 aromatic carbocycles. The molecule has 2 N–H and O–H groups in total. The van der Waals surface area contributed by atoms with Gasteiger partial charge in [0.05, 0.1) is 30.0 Å². The van der Waals surface area contributed by atoms with Crippen LogP contribution in [0, 0.1) is 5.92 Å². The van der Waals surface area contributed by atoms with Gasteiger partial charge in [-0.15, -0.1) is 0 Å². The Kier molecular flexibility index (Phi) is 4.66. The normalized spacial score (nSPS) is 19.2. The molecule has 27 heavy (non-hydrogen) atoms. The highest BCUT2D eigenvalue weighted by molar-refractivity contribution is 6.05. The van der Waals surface area contributed by atoms with Gasteiger partial charge in [-0.3, -0.25) is 14.4 Å². The van der Waals surface area contributed by atoms with Crippen LogP contribution >= 0.6 is 0 Å². The Hall–Kier alpha value is -3.09. The lowest BCUT2D eigenvalue weighted by Crippen LogP contribution is -2.30.